The molecule has 3 aromatic rings. The number of benzene rings is 2. The van der Waals surface area contributed by atoms with Crippen molar-refractivity contribution in [2.75, 3.05) is 39.8 Å². The summed E-state index contributed by atoms with van der Waals surface area (Å²) in [4.78, 5) is 17.9. The van der Waals surface area contributed by atoms with Crippen molar-refractivity contribution in [1.82, 2.24) is 14.8 Å². The molecule has 1 aliphatic heterocycles. The van der Waals surface area contributed by atoms with Crippen molar-refractivity contribution >= 4 is 16.9 Å². The first-order valence-corrected chi connectivity index (χ1v) is 11.5. The van der Waals surface area contributed by atoms with Gasteiger partial charge in [0.05, 0.1) is 24.7 Å². The van der Waals surface area contributed by atoms with E-state index in [1.807, 2.05) is 24.1 Å². The second kappa shape index (κ2) is 11.9. The summed E-state index contributed by atoms with van der Waals surface area (Å²) in [6.45, 7) is 5.74. The number of aromatic carboxylic acids is 1. The van der Waals surface area contributed by atoms with Gasteiger partial charge in [0.15, 0.2) is 0 Å². The summed E-state index contributed by atoms with van der Waals surface area (Å²) in [6, 6.07) is 12.0. The van der Waals surface area contributed by atoms with Gasteiger partial charge in [-0.25, -0.2) is 4.79 Å². The smallest absolute Gasteiger partial charge is 0.390 e. The van der Waals surface area contributed by atoms with Gasteiger partial charge in [-0.1, -0.05) is 12.1 Å². The molecule has 0 atom stereocenters. The van der Waals surface area contributed by atoms with Crippen LogP contribution in [0.5, 0.6) is 5.75 Å². The predicted octanol–water partition coefficient (Wildman–Crippen LogP) is 4.81. The van der Waals surface area contributed by atoms with E-state index in [0.717, 1.165) is 47.4 Å². The van der Waals surface area contributed by atoms with E-state index in [4.69, 9.17) is 15.1 Å². The highest BCUT2D eigenvalue weighted by molar-refractivity contribution is 5.90. The minimum atomic E-state index is -4.08. The number of halogens is 3. The lowest BCUT2D eigenvalue weighted by Gasteiger charge is -2.35. The Labute approximate surface area is 207 Å². The quantitative estimate of drug-likeness (QED) is 0.503. The molecule has 1 fully saturated rings. The Kier molecular flexibility index (Phi) is 8.96. The number of rotatable bonds is 6. The van der Waals surface area contributed by atoms with Crippen molar-refractivity contribution in [3.63, 3.8) is 0 Å². The number of nitrogens with zero attached hydrogens (tertiary/aromatic N) is 3. The fourth-order valence-corrected chi connectivity index (χ4v) is 4.23. The molecule has 2 heterocycles. The number of carbonyl (C=O) groups is 1. The van der Waals surface area contributed by atoms with Gasteiger partial charge in [0.2, 0.25) is 0 Å². The molecule has 1 aromatic heterocycles. The van der Waals surface area contributed by atoms with Crippen molar-refractivity contribution in [3.8, 4) is 11.8 Å². The predicted molar refractivity (Wildman–Crippen MR) is 130 cm³/mol. The van der Waals surface area contributed by atoms with Gasteiger partial charge in [0.1, 0.15) is 11.8 Å². The number of nitriles is 1. The number of alkyl halides is 3. The number of hydrogen-bond acceptors (Lipinski definition) is 5. The lowest BCUT2D eigenvalue weighted by molar-refractivity contribution is -0.138. The van der Waals surface area contributed by atoms with E-state index in [0.29, 0.717) is 13.1 Å². The average molecular weight is 503 g/mol. The topological polar surface area (TPSA) is 92.6 Å². The van der Waals surface area contributed by atoms with Gasteiger partial charge in [-0.15, -0.1) is 0 Å². The molecule has 0 spiro atoms. The zero-order chi connectivity index (χ0) is 26.3. The Morgan fingerprint density at radius 2 is 1.83 bits per heavy atom. The number of piperazine rings is 1. The molecule has 0 unspecified atom stereocenters. The van der Waals surface area contributed by atoms with Crippen LogP contribution in [0.15, 0.2) is 42.6 Å². The third kappa shape index (κ3) is 6.99. The fourth-order valence-electron chi connectivity index (χ4n) is 4.23. The largest absolute Gasteiger partial charge is 0.496 e. The van der Waals surface area contributed by atoms with Gasteiger partial charge in [0, 0.05) is 61.9 Å². The number of H-pyrrole nitrogens is 1. The van der Waals surface area contributed by atoms with Crippen LogP contribution in [0.25, 0.3) is 10.9 Å². The second-order valence-electron chi connectivity index (χ2n) is 8.59. The zero-order valence-corrected chi connectivity index (χ0v) is 20.2. The molecule has 2 N–H and O–H groups in total. The first kappa shape index (κ1) is 27.0. The van der Waals surface area contributed by atoms with Crippen molar-refractivity contribution in [2.24, 2.45) is 0 Å². The Balaban J connectivity index is 0.000000275. The first-order valence-electron chi connectivity index (χ1n) is 11.5. The summed E-state index contributed by atoms with van der Waals surface area (Å²) < 4.78 is 42.6. The molecule has 0 radical (unpaired) electrons. The number of fused-ring (bicyclic) bond motifs is 1. The average Bonchev–Trinajstić information content (AvgIpc) is 3.36. The number of methoxy groups -OCH3 is 1. The number of carboxylic acids is 1. The molecule has 1 saturated heterocycles. The molecule has 0 bridgehead atoms. The molecule has 4 rings (SSSR count). The number of aromatic amines is 1. The fraction of sp³-hybridized carbons (Fsp3) is 0.385. The molecule has 7 nitrogen and oxygen atoms in total. The van der Waals surface area contributed by atoms with Crippen LogP contribution in [-0.4, -0.2) is 71.9 Å². The van der Waals surface area contributed by atoms with Crippen LogP contribution in [0.2, 0.25) is 0 Å². The van der Waals surface area contributed by atoms with E-state index in [1.54, 1.807) is 25.3 Å². The summed E-state index contributed by atoms with van der Waals surface area (Å²) in [5, 5.41) is 18.1. The van der Waals surface area contributed by atoms with Crippen molar-refractivity contribution in [1.29, 1.82) is 5.26 Å². The van der Waals surface area contributed by atoms with E-state index in [9.17, 15) is 18.0 Å². The molecule has 0 saturated carbocycles. The highest BCUT2D eigenvalue weighted by Crippen LogP contribution is 2.31. The van der Waals surface area contributed by atoms with Crippen LogP contribution in [0.3, 0.4) is 0 Å². The zero-order valence-electron chi connectivity index (χ0n) is 20.2. The van der Waals surface area contributed by atoms with E-state index >= 15 is 0 Å². The monoisotopic (exact) mass is 502 g/mol. The molecular formula is C26H29F3N4O3. The van der Waals surface area contributed by atoms with Crippen LogP contribution in [-0.2, 0) is 6.54 Å². The number of ether oxygens (including phenoxy) is 1. The van der Waals surface area contributed by atoms with Crippen LogP contribution < -0.4 is 4.74 Å². The van der Waals surface area contributed by atoms with Gasteiger partial charge < -0.3 is 19.7 Å². The molecule has 36 heavy (non-hydrogen) atoms. The maximum absolute atomic E-state index is 12.4. The van der Waals surface area contributed by atoms with E-state index in [-0.39, 0.29) is 17.7 Å². The normalized spacial score (nSPS) is 14.7. The van der Waals surface area contributed by atoms with Crippen LogP contribution in [0.4, 0.5) is 13.2 Å². The molecule has 192 valence electrons. The van der Waals surface area contributed by atoms with Crippen molar-refractivity contribution < 1.29 is 27.8 Å². The van der Waals surface area contributed by atoms with Crippen molar-refractivity contribution in [3.05, 3.63) is 64.8 Å². The highest BCUT2D eigenvalue weighted by atomic mass is 19.4. The SMILES string of the molecule is COc1cc(C)c2[nH]ccc2c1CN1CCN(CCC(F)(F)F)CC1.N#Cc1ccccc1C(=O)O. The number of aryl methyl sites for hydroxylation is 1. The van der Waals surface area contributed by atoms with Gasteiger partial charge in [-0.3, -0.25) is 4.90 Å². The molecule has 0 amide bonds. The minimum absolute atomic E-state index is 0.0509. The molecular weight excluding hydrogens is 473 g/mol. The maximum atomic E-state index is 12.4. The third-order valence-electron chi connectivity index (χ3n) is 6.17. The molecule has 0 aliphatic carbocycles. The van der Waals surface area contributed by atoms with Gasteiger partial charge in [-0.05, 0) is 36.8 Å². The third-order valence-corrected chi connectivity index (χ3v) is 6.17. The molecule has 10 heteroatoms. The lowest BCUT2D eigenvalue weighted by atomic mass is 10.0. The highest BCUT2D eigenvalue weighted by Gasteiger charge is 2.29. The minimum Gasteiger partial charge on any atom is -0.496 e. The molecule has 2 aromatic carbocycles. The standard InChI is InChI=1S/C18H24F3N3O.C8H5NO2/c1-13-11-16(25-2)15(14-3-5-22-17(13)14)12-24-9-7-23(8-10-24)6-4-18(19,20)21;9-5-6-3-1-2-4-7(6)8(10)11/h3,5,11,22H,4,6-10,12H2,1-2H3;1-4H,(H,10,11). The Hall–Kier alpha value is -3.55. The summed E-state index contributed by atoms with van der Waals surface area (Å²) >= 11 is 0. The van der Waals surface area contributed by atoms with E-state index in [2.05, 4.69) is 16.0 Å². The Morgan fingerprint density at radius 1 is 1.17 bits per heavy atom. The van der Waals surface area contributed by atoms with Crippen LogP contribution >= 0.6 is 0 Å². The van der Waals surface area contributed by atoms with Crippen LogP contribution in [0.1, 0.15) is 33.5 Å². The summed E-state index contributed by atoms with van der Waals surface area (Å²) in [5.41, 5.74) is 3.63. The molecule has 1 aliphatic rings. The lowest BCUT2D eigenvalue weighted by Crippen LogP contribution is -2.46. The first-order chi connectivity index (χ1) is 17.1. The number of aromatic nitrogens is 1. The summed E-state index contributed by atoms with van der Waals surface area (Å²) in [7, 11) is 1.67. The van der Waals surface area contributed by atoms with Gasteiger partial charge in [-0.2, -0.15) is 18.4 Å². The summed E-state index contributed by atoms with van der Waals surface area (Å²) in [6.07, 6.45) is -2.88. The van der Waals surface area contributed by atoms with Crippen LogP contribution in [0, 0.1) is 18.3 Å². The van der Waals surface area contributed by atoms with E-state index in [1.165, 1.54) is 12.1 Å². The maximum Gasteiger partial charge on any atom is 0.390 e. The Morgan fingerprint density at radius 3 is 2.42 bits per heavy atom. The van der Waals surface area contributed by atoms with Gasteiger partial charge >= 0.3 is 12.1 Å². The second-order valence-corrected chi connectivity index (χ2v) is 8.59. The van der Waals surface area contributed by atoms with E-state index < -0.39 is 18.6 Å². The summed E-state index contributed by atoms with van der Waals surface area (Å²) in [5.74, 6) is -0.203. The number of hydrogen-bond donors (Lipinski definition) is 2. The number of nitrogens with one attached hydrogen (secondary N) is 1. The Bertz CT molecular complexity index is 1230. The van der Waals surface area contributed by atoms with Crippen molar-refractivity contribution in [2.45, 2.75) is 26.1 Å². The number of carboxylic acid groups (broad SMARTS) is 1. The van der Waals surface area contributed by atoms with Gasteiger partial charge in [0.25, 0.3) is 0 Å².